The Morgan fingerprint density at radius 2 is 1.93 bits per heavy atom. The van der Waals surface area contributed by atoms with E-state index in [1.54, 1.807) is 0 Å². The Bertz CT molecular complexity index is 1050. The first-order chi connectivity index (χ1) is 14.4. The summed E-state index contributed by atoms with van der Waals surface area (Å²) in [6.45, 7) is 6.49. The number of fused-ring (bicyclic) bond motifs is 1. The third-order valence-electron chi connectivity index (χ3n) is 6.02. The molecule has 2 aromatic carbocycles. The van der Waals surface area contributed by atoms with Crippen LogP contribution < -0.4 is 4.74 Å². The van der Waals surface area contributed by atoms with Crippen molar-refractivity contribution in [3.63, 3.8) is 0 Å². The maximum Gasteiger partial charge on any atom is 0.306 e. The molecule has 0 spiro atoms. The van der Waals surface area contributed by atoms with Gasteiger partial charge in [-0.15, -0.1) is 0 Å². The molecule has 0 amide bonds. The van der Waals surface area contributed by atoms with Crippen molar-refractivity contribution in [2.45, 2.75) is 65.0 Å². The molecule has 0 atom stereocenters. The van der Waals surface area contributed by atoms with Crippen LogP contribution in [0.1, 0.15) is 62.5 Å². The number of hydrogen-bond acceptors (Lipinski definition) is 3. The largest absolute Gasteiger partial charge is 0.490 e. The van der Waals surface area contributed by atoms with Crippen LogP contribution in [0.25, 0.3) is 11.0 Å². The van der Waals surface area contributed by atoms with E-state index < -0.39 is 5.97 Å². The summed E-state index contributed by atoms with van der Waals surface area (Å²) < 4.78 is 8.50. The van der Waals surface area contributed by atoms with E-state index >= 15 is 0 Å². The first-order valence-electron chi connectivity index (χ1n) is 10.9. The lowest BCUT2D eigenvalue weighted by Crippen LogP contribution is -2.27. The minimum absolute atomic E-state index is 0.0806. The van der Waals surface area contributed by atoms with Gasteiger partial charge in [-0.3, -0.25) is 4.79 Å². The van der Waals surface area contributed by atoms with Crippen molar-refractivity contribution in [2.75, 3.05) is 0 Å². The fourth-order valence-corrected chi connectivity index (χ4v) is 4.53. The highest BCUT2D eigenvalue weighted by atomic mass is 16.5. The summed E-state index contributed by atoms with van der Waals surface area (Å²) in [5.41, 5.74) is 4.59. The number of nitrogens with zero attached hydrogens (tertiary/aromatic N) is 2. The molecule has 3 aromatic rings. The van der Waals surface area contributed by atoms with E-state index in [2.05, 4.69) is 55.7 Å². The van der Waals surface area contributed by atoms with E-state index in [4.69, 9.17) is 9.72 Å². The monoisotopic (exact) mass is 406 g/mol. The molecule has 0 bridgehead atoms. The Balaban J connectivity index is 1.56. The van der Waals surface area contributed by atoms with Crippen molar-refractivity contribution in [1.29, 1.82) is 0 Å². The van der Waals surface area contributed by atoms with Crippen molar-refractivity contribution in [1.82, 2.24) is 9.55 Å². The number of aromatic nitrogens is 2. The highest BCUT2D eigenvalue weighted by Gasteiger charge is 2.27. The molecular weight excluding hydrogens is 376 g/mol. The van der Waals surface area contributed by atoms with Crippen molar-refractivity contribution in [3.8, 4) is 5.75 Å². The van der Waals surface area contributed by atoms with E-state index in [1.165, 1.54) is 11.1 Å². The van der Waals surface area contributed by atoms with Gasteiger partial charge in [0.15, 0.2) is 0 Å². The fourth-order valence-electron chi connectivity index (χ4n) is 4.53. The number of hydrogen-bond donors (Lipinski definition) is 1. The average Bonchev–Trinajstić information content (AvgIpc) is 3.05. The number of imidazole rings is 1. The van der Waals surface area contributed by atoms with Gasteiger partial charge >= 0.3 is 5.97 Å². The number of ether oxygens (including phenoxy) is 1. The minimum atomic E-state index is -0.685. The zero-order valence-electron chi connectivity index (χ0n) is 18.0. The molecule has 30 heavy (non-hydrogen) atoms. The van der Waals surface area contributed by atoms with Crippen LogP contribution in [0.5, 0.6) is 5.75 Å². The molecule has 0 radical (unpaired) electrons. The molecule has 1 saturated carbocycles. The second kappa shape index (κ2) is 8.50. The highest BCUT2D eigenvalue weighted by Crippen LogP contribution is 2.30. The molecule has 1 heterocycles. The number of aliphatic carboxylic acids is 1. The Hall–Kier alpha value is -2.82. The predicted octanol–water partition coefficient (Wildman–Crippen LogP) is 5.54. The Labute approximate surface area is 177 Å². The predicted molar refractivity (Wildman–Crippen MR) is 118 cm³/mol. The lowest BCUT2D eigenvalue weighted by atomic mass is 9.87. The molecule has 1 aromatic heterocycles. The number of benzene rings is 2. The standard InChI is InChI=1S/C25H30N2O3/c1-16(2)27-23-12-11-21(30-20-9-7-19(8-10-20)25(28)29)15-22(23)26-24(27)14-18-6-4-5-17(3)13-18/h4-6,11-13,15-16,19-20H,7-10,14H2,1-3H3,(H,28,29). The number of rotatable bonds is 6. The van der Waals surface area contributed by atoms with Crippen LogP contribution in [0.2, 0.25) is 0 Å². The smallest absolute Gasteiger partial charge is 0.306 e. The highest BCUT2D eigenvalue weighted by molar-refractivity contribution is 5.78. The van der Waals surface area contributed by atoms with E-state index in [1.807, 2.05) is 12.1 Å². The molecule has 5 nitrogen and oxygen atoms in total. The van der Waals surface area contributed by atoms with Gasteiger partial charge in [0.25, 0.3) is 0 Å². The quantitative estimate of drug-likeness (QED) is 0.584. The Morgan fingerprint density at radius 1 is 1.17 bits per heavy atom. The van der Waals surface area contributed by atoms with Gasteiger partial charge in [-0.1, -0.05) is 29.8 Å². The lowest BCUT2D eigenvalue weighted by molar-refractivity contribution is -0.143. The van der Waals surface area contributed by atoms with Gasteiger partial charge < -0.3 is 14.4 Å². The van der Waals surface area contributed by atoms with Gasteiger partial charge in [0, 0.05) is 18.5 Å². The third-order valence-corrected chi connectivity index (χ3v) is 6.02. The van der Waals surface area contributed by atoms with Crippen molar-refractivity contribution in [3.05, 3.63) is 59.4 Å². The first kappa shape index (κ1) is 20.5. The van der Waals surface area contributed by atoms with Crippen LogP contribution in [0.4, 0.5) is 0 Å². The van der Waals surface area contributed by atoms with Gasteiger partial charge in [0.1, 0.15) is 11.6 Å². The Morgan fingerprint density at radius 3 is 2.60 bits per heavy atom. The molecule has 1 aliphatic rings. The molecule has 1 aliphatic carbocycles. The number of carboxylic acids is 1. The van der Waals surface area contributed by atoms with Crippen LogP contribution in [-0.4, -0.2) is 26.7 Å². The summed E-state index contributed by atoms with van der Waals surface area (Å²) in [6.07, 6.45) is 3.82. The summed E-state index contributed by atoms with van der Waals surface area (Å²) in [5.74, 6) is 0.968. The molecule has 0 saturated heterocycles. The third kappa shape index (κ3) is 4.35. The zero-order valence-corrected chi connectivity index (χ0v) is 18.0. The topological polar surface area (TPSA) is 64.3 Å². The molecule has 0 aliphatic heterocycles. The van der Waals surface area contributed by atoms with E-state index in [0.29, 0.717) is 18.9 Å². The summed E-state index contributed by atoms with van der Waals surface area (Å²) >= 11 is 0. The summed E-state index contributed by atoms with van der Waals surface area (Å²) in [5, 5.41) is 9.18. The van der Waals surface area contributed by atoms with E-state index in [-0.39, 0.29) is 12.0 Å². The van der Waals surface area contributed by atoms with Gasteiger partial charge in [-0.05, 0) is 64.2 Å². The van der Waals surface area contributed by atoms with Crippen LogP contribution in [-0.2, 0) is 11.2 Å². The molecular formula is C25H30N2O3. The van der Waals surface area contributed by atoms with Crippen molar-refractivity contribution in [2.24, 2.45) is 5.92 Å². The van der Waals surface area contributed by atoms with Crippen molar-refractivity contribution < 1.29 is 14.6 Å². The molecule has 158 valence electrons. The van der Waals surface area contributed by atoms with Crippen LogP contribution in [0.3, 0.4) is 0 Å². The van der Waals surface area contributed by atoms with E-state index in [0.717, 1.165) is 41.9 Å². The summed E-state index contributed by atoms with van der Waals surface area (Å²) in [7, 11) is 0. The van der Waals surface area contributed by atoms with E-state index in [9.17, 15) is 9.90 Å². The van der Waals surface area contributed by atoms with Gasteiger partial charge in [0.05, 0.1) is 23.1 Å². The molecule has 0 unspecified atom stereocenters. The van der Waals surface area contributed by atoms with Crippen molar-refractivity contribution >= 4 is 17.0 Å². The van der Waals surface area contributed by atoms with Gasteiger partial charge in [-0.2, -0.15) is 0 Å². The number of carboxylic acid groups (broad SMARTS) is 1. The Kier molecular flexibility index (Phi) is 5.80. The minimum Gasteiger partial charge on any atom is -0.490 e. The fraction of sp³-hybridized carbons (Fsp3) is 0.440. The molecule has 4 rings (SSSR count). The second-order valence-corrected chi connectivity index (χ2v) is 8.74. The summed E-state index contributed by atoms with van der Waals surface area (Å²) in [6, 6.07) is 15.0. The second-order valence-electron chi connectivity index (χ2n) is 8.74. The number of carbonyl (C=O) groups is 1. The molecule has 5 heteroatoms. The molecule has 1 N–H and O–H groups in total. The van der Waals surface area contributed by atoms with Gasteiger partial charge in [0.2, 0.25) is 0 Å². The zero-order chi connectivity index (χ0) is 21.3. The normalized spacial score (nSPS) is 19.3. The average molecular weight is 407 g/mol. The lowest BCUT2D eigenvalue weighted by Gasteiger charge is -2.26. The maximum absolute atomic E-state index is 11.2. The maximum atomic E-state index is 11.2. The molecule has 1 fully saturated rings. The first-order valence-corrected chi connectivity index (χ1v) is 10.9. The van der Waals surface area contributed by atoms with Gasteiger partial charge in [-0.25, -0.2) is 4.98 Å². The SMILES string of the molecule is Cc1cccc(Cc2nc3cc(OC4CCC(C(=O)O)CC4)ccc3n2C(C)C)c1. The van der Waals surface area contributed by atoms with Crippen LogP contribution in [0.15, 0.2) is 42.5 Å². The number of aryl methyl sites for hydroxylation is 1. The van der Waals surface area contributed by atoms with Crippen LogP contribution in [0, 0.1) is 12.8 Å². The van der Waals surface area contributed by atoms with Crippen LogP contribution >= 0.6 is 0 Å². The summed E-state index contributed by atoms with van der Waals surface area (Å²) in [4.78, 5) is 16.1.